The number of rotatable bonds is 7. The maximum Gasteiger partial charge on any atom is 0.224 e. The summed E-state index contributed by atoms with van der Waals surface area (Å²) < 4.78 is 0. The molecule has 0 aliphatic rings. The van der Waals surface area contributed by atoms with E-state index in [1.54, 1.807) is 0 Å². The van der Waals surface area contributed by atoms with Crippen molar-refractivity contribution in [3.8, 4) is 0 Å². The summed E-state index contributed by atoms with van der Waals surface area (Å²) in [5.41, 5.74) is 0. The van der Waals surface area contributed by atoms with Gasteiger partial charge in [0.1, 0.15) is 0 Å². The first-order chi connectivity index (χ1) is 6.61. The topological polar surface area (TPSA) is 41.1 Å². The van der Waals surface area contributed by atoms with Crippen LogP contribution in [-0.2, 0) is 4.79 Å². The van der Waals surface area contributed by atoms with E-state index in [4.69, 9.17) is 0 Å². The molecule has 0 aliphatic heterocycles. The highest BCUT2D eigenvalue weighted by atomic mass is 16.1. The van der Waals surface area contributed by atoms with Gasteiger partial charge in [-0.05, 0) is 12.5 Å². The van der Waals surface area contributed by atoms with Gasteiger partial charge in [-0.25, -0.2) is 0 Å². The molecule has 0 heterocycles. The largest absolute Gasteiger partial charge is 0.356 e. The van der Waals surface area contributed by atoms with Crippen LogP contribution in [0.2, 0.25) is 0 Å². The van der Waals surface area contributed by atoms with E-state index in [9.17, 15) is 4.79 Å². The lowest BCUT2D eigenvalue weighted by Gasteiger charge is -2.14. The molecule has 0 aromatic rings. The third-order valence-corrected chi connectivity index (χ3v) is 2.47. The van der Waals surface area contributed by atoms with E-state index in [2.05, 4.69) is 24.5 Å². The molecule has 1 amide bonds. The van der Waals surface area contributed by atoms with Gasteiger partial charge < -0.3 is 10.6 Å². The van der Waals surface area contributed by atoms with E-state index < -0.39 is 0 Å². The average molecular weight is 200 g/mol. The molecule has 14 heavy (non-hydrogen) atoms. The monoisotopic (exact) mass is 200 g/mol. The number of hydrogen-bond donors (Lipinski definition) is 2. The lowest BCUT2D eigenvalue weighted by molar-refractivity contribution is -0.124. The van der Waals surface area contributed by atoms with Gasteiger partial charge in [-0.3, -0.25) is 4.79 Å². The van der Waals surface area contributed by atoms with Crippen LogP contribution in [0.5, 0.6) is 0 Å². The fourth-order valence-electron chi connectivity index (χ4n) is 1.05. The first kappa shape index (κ1) is 13.4. The first-order valence-electron chi connectivity index (χ1n) is 5.60. The van der Waals surface area contributed by atoms with Gasteiger partial charge in [0.2, 0.25) is 5.91 Å². The maximum atomic E-state index is 11.5. The van der Waals surface area contributed by atoms with Crippen LogP contribution in [-0.4, -0.2) is 25.5 Å². The smallest absolute Gasteiger partial charge is 0.224 e. The van der Waals surface area contributed by atoms with Gasteiger partial charge >= 0.3 is 0 Å². The minimum atomic E-state index is 0.0685. The summed E-state index contributed by atoms with van der Waals surface area (Å²) in [6.45, 7) is 10.8. The van der Waals surface area contributed by atoms with Crippen molar-refractivity contribution in [2.45, 2.75) is 34.1 Å². The minimum absolute atomic E-state index is 0.0685. The highest BCUT2D eigenvalue weighted by Crippen LogP contribution is 1.99. The number of amides is 1. The zero-order valence-corrected chi connectivity index (χ0v) is 9.89. The second-order valence-corrected chi connectivity index (χ2v) is 3.97. The normalized spacial score (nSPS) is 14.9. The van der Waals surface area contributed by atoms with Crippen molar-refractivity contribution in [3.63, 3.8) is 0 Å². The summed E-state index contributed by atoms with van der Waals surface area (Å²) in [6, 6.07) is 0. The minimum Gasteiger partial charge on any atom is -0.356 e. The first-order valence-corrected chi connectivity index (χ1v) is 5.60. The van der Waals surface area contributed by atoms with E-state index in [-0.39, 0.29) is 11.8 Å². The second kappa shape index (κ2) is 7.80. The van der Waals surface area contributed by atoms with E-state index >= 15 is 0 Å². The van der Waals surface area contributed by atoms with Gasteiger partial charge in [0.25, 0.3) is 0 Å². The maximum absolute atomic E-state index is 11.5. The molecular formula is C11H24N2O. The summed E-state index contributed by atoms with van der Waals surface area (Å²) in [4.78, 5) is 11.5. The van der Waals surface area contributed by atoms with Gasteiger partial charge in [0.15, 0.2) is 0 Å². The average Bonchev–Trinajstić information content (AvgIpc) is 2.21. The quantitative estimate of drug-likeness (QED) is 0.652. The third-order valence-electron chi connectivity index (χ3n) is 2.47. The number of carbonyl (C=O) groups is 1. The molecule has 0 rings (SSSR count). The SMILES string of the molecule is CCNCC(C)C(=O)NCC(C)CC. The predicted octanol–water partition coefficient (Wildman–Crippen LogP) is 1.39. The van der Waals surface area contributed by atoms with E-state index in [1.165, 1.54) is 0 Å². The van der Waals surface area contributed by atoms with Crippen molar-refractivity contribution in [2.75, 3.05) is 19.6 Å². The Bertz CT molecular complexity index is 159. The number of carbonyl (C=O) groups excluding carboxylic acids is 1. The summed E-state index contributed by atoms with van der Waals surface area (Å²) in [6.07, 6.45) is 1.11. The van der Waals surface area contributed by atoms with Crippen LogP contribution in [0.4, 0.5) is 0 Å². The van der Waals surface area contributed by atoms with Crippen LogP contribution < -0.4 is 10.6 Å². The Morgan fingerprint density at radius 3 is 2.36 bits per heavy atom. The Labute approximate surface area is 87.6 Å². The molecular weight excluding hydrogens is 176 g/mol. The molecule has 0 aliphatic carbocycles. The molecule has 3 heteroatoms. The summed E-state index contributed by atoms with van der Waals surface area (Å²) >= 11 is 0. The molecule has 0 fully saturated rings. The lowest BCUT2D eigenvalue weighted by atomic mass is 10.1. The Kier molecular flexibility index (Phi) is 7.48. The van der Waals surface area contributed by atoms with Crippen molar-refractivity contribution in [2.24, 2.45) is 11.8 Å². The highest BCUT2D eigenvalue weighted by Gasteiger charge is 2.11. The lowest BCUT2D eigenvalue weighted by Crippen LogP contribution is -2.37. The van der Waals surface area contributed by atoms with Crippen LogP contribution in [0.25, 0.3) is 0 Å². The molecule has 84 valence electrons. The molecule has 2 N–H and O–H groups in total. The van der Waals surface area contributed by atoms with Crippen LogP contribution in [0.15, 0.2) is 0 Å². The van der Waals surface area contributed by atoms with E-state index in [0.29, 0.717) is 5.92 Å². The van der Waals surface area contributed by atoms with Crippen LogP contribution in [0.1, 0.15) is 34.1 Å². The number of hydrogen-bond acceptors (Lipinski definition) is 2. The Hall–Kier alpha value is -0.570. The Balaban J connectivity index is 3.61. The zero-order chi connectivity index (χ0) is 11.0. The molecule has 3 nitrogen and oxygen atoms in total. The van der Waals surface area contributed by atoms with Crippen molar-refractivity contribution >= 4 is 5.91 Å². The second-order valence-electron chi connectivity index (χ2n) is 3.97. The zero-order valence-electron chi connectivity index (χ0n) is 9.89. The van der Waals surface area contributed by atoms with Crippen molar-refractivity contribution in [1.82, 2.24) is 10.6 Å². The van der Waals surface area contributed by atoms with Gasteiger partial charge in [-0.2, -0.15) is 0 Å². The third kappa shape index (κ3) is 5.97. The molecule has 0 saturated carbocycles. The van der Waals surface area contributed by atoms with Crippen molar-refractivity contribution < 1.29 is 4.79 Å². The fraction of sp³-hybridized carbons (Fsp3) is 0.909. The van der Waals surface area contributed by atoms with Crippen molar-refractivity contribution in [3.05, 3.63) is 0 Å². The molecule has 0 bridgehead atoms. The molecule has 2 atom stereocenters. The predicted molar refractivity (Wildman–Crippen MR) is 60.2 cm³/mol. The molecule has 0 spiro atoms. The summed E-state index contributed by atoms with van der Waals surface area (Å²) in [5, 5.41) is 6.13. The molecule has 0 aromatic heterocycles. The van der Waals surface area contributed by atoms with Gasteiger partial charge in [0, 0.05) is 19.0 Å². The highest BCUT2D eigenvalue weighted by molar-refractivity contribution is 5.78. The fourth-order valence-corrected chi connectivity index (χ4v) is 1.05. The standard InChI is InChI=1S/C11H24N2O/c1-5-9(3)7-13-11(14)10(4)8-12-6-2/h9-10,12H,5-8H2,1-4H3,(H,13,14). The molecule has 2 unspecified atom stereocenters. The molecule has 0 saturated heterocycles. The number of nitrogens with one attached hydrogen (secondary N) is 2. The summed E-state index contributed by atoms with van der Waals surface area (Å²) in [7, 11) is 0. The van der Waals surface area contributed by atoms with Gasteiger partial charge in [0.05, 0.1) is 0 Å². The van der Waals surface area contributed by atoms with Crippen LogP contribution in [0.3, 0.4) is 0 Å². The molecule has 0 radical (unpaired) electrons. The Morgan fingerprint density at radius 2 is 1.86 bits per heavy atom. The van der Waals surface area contributed by atoms with E-state index in [0.717, 1.165) is 26.1 Å². The van der Waals surface area contributed by atoms with Crippen LogP contribution in [0, 0.1) is 11.8 Å². The van der Waals surface area contributed by atoms with E-state index in [1.807, 2.05) is 13.8 Å². The molecule has 0 aromatic carbocycles. The van der Waals surface area contributed by atoms with Gasteiger partial charge in [-0.1, -0.05) is 34.1 Å². The van der Waals surface area contributed by atoms with Crippen molar-refractivity contribution in [1.29, 1.82) is 0 Å². The van der Waals surface area contributed by atoms with Gasteiger partial charge in [-0.15, -0.1) is 0 Å². The van der Waals surface area contributed by atoms with Crippen LogP contribution >= 0.6 is 0 Å². The Morgan fingerprint density at radius 1 is 1.21 bits per heavy atom. The summed E-state index contributed by atoms with van der Waals surface area (Å²) in [5.74, 6) is 0.801.